The minimum Gasteiger partial charge on any atom is -0.493 e. The van der Waals surface area contributed by atoms with Gasteiger partial charge in [0.25, 0.3) is 0 Å². The van der Waals surface area contributed by atoms with Crippen molar-refractivity contribution in [2.75, 3.05) is 19.0 Å². The molecule has 4 aromatic rings. The molecule has 0 unspecified atom stereocenters. The Morgan fingerprint density at radius 2 is 1.69 bits per heavy atom. The van der Waals surface area contributed by atoms with Crippen LogP contribution in [0.25, 0.3) is 17.2 Å². The zero-order valence-electron chi connectivity index (χ0n) is 22.4. The van der Waals surface area contributed by atoms with Gasteiger partial charge >= 0.3 is 5.97 Å². The number of methoxy groups -OCH3 is 1. The molecular formula is C32H31NO5S. The Hall–Kier alpha value is -4.36. The molecule has 1 aromatic heterocycles. The van der Waals surface area contributed by atoms with Crippen LogP contribution in [-0.2, 0) is 16.1 Å². The number of hydrogen-bond donors (Lipinski definition) is 1. The molecule has 0 atom stereocenters. The van der Waals surface area contributed by atoms with E-state index >= 15 is 0 Å². The van der Waals surface area contributed by atoms with Crippen molar-refractivity contribution in [3.05, 3.63) is 106 Å². The summed E-state index contributed by atoms with van der Waals surface area (Å²) in [6, 6.07) is 23.2. The first-order chi connectivity index (χ1) is 18.9. The summed E-state index contributed by atoms with van der Waals surface area (Å²) < 4.78 is 16.8. The van der Waals surface area contributed by atoms with Gasteiger partial charge in [0, 0.05) is 16.5 Å². The lowest BCUT2D eigenvalue weighted by atomic mass is 10.0. The summed E-state index contributed by atoms with van der Waals surface area (Å²) in [5, 5.41) is 3.33. The summed E-state index contributed by atoms with van der Waals surface area (Å²) >= 11 is 1.35. The van der Waals surface area contributed by atoms with E-state index in [0.717, 1.165) is 32.7 Å². The minimum absolute atomic E-state index is 0.238. The third-order valence-corrected chi connectivity index (χ3v) is 7.14. The van der Waals surface area contributed by atoms with Gasteiger partial charge in [0.2, 0.25) is 5.91 Å². The molecule has 3 aromatic carbocycles. The van der Waals surface area contributed by atoms with E-state index in [9.17, 15) is 9.59 Å². The number of amides is 1. The zero-order valence-corrected chi connectivity index (χ0v) is 23.3. The van der Waals surface area contributed by atoms with Crippen molar-refractivity contribution >= 4 is 34.3 Å². The van der Waals surface area contributed by atoms with Gasteiger partial charge in [-0.1, -0.05) is 60.7 Å². The quantitative estimate of drug-likeness (QED) is 0.167. The van der Waals surface area contributed by atoms with Crippen molar-refractivity contribution in [3.63, 3.8) is 0 Å². The van der Waals surface area contributed by atoms with Gasteiger partial charge < -0.3 is 19.5 Å². The third-order valence-electron chi connectivity index (χ3n) is 6.12. The van der Waals surface area contributed by atoms with Gasteiger partial charge in [0.05, 0.1) is 13.7 Å². The minimum atomic E-state index is -0.467. The van der Waals surface area contributed by atoms with E-state index in [1.807, 2.05) is 86.6 Å². The molecule has 1 N–H and O–H groups in total. The highest BCUT2D eigenvalue weighted by molar-refractivity contribution is 7.17. The van der Waals surface area contributed by atoms with Crippen molar-refractivity contribution in [3.8, 4) is 22.6 Å². The molecule has 6 nitrogen and oxygen atoms in total. The predicted octanol–water partition coefficient (Wildman–Crippen LogP) is 7.45. The predicted molar refractivity (Wildman–Crippen MR) is 157 cm³/mol. The first kappa shape index (κ1) is 27.7. The highest BCUT2D eigenvalue weighted by Crippen LogP contribution is 2.40. The van der Waals surface area contributed by atoms with Gasteiger partial charge in [0.1, 0.15) is 17.2 Å². The van der Waals surface area contributed by atoms with Crippen molar-refractivity contribution in [1.29, 1.82) is 0 Å². The van der Waals surface area contributed by atoms with E-state index in [1.165, 1.54) is 17.4 Å². The lowest BCUT2D eigenvalue weighted by molar-refractivity contribution is -0.111. The Morgan fingerprint density at radius 3 is 2.41 bits per heavy atom. The highest BCUT2D eigenvalue weighted by atomic mass is 32.1. The maximum atomic E-state index is 12.9. The van der Waals surface area contributed by atoms with E-state index in [2.05, 4.69) is 5.32 Å². The molecule has 0 fully saturated rings. The molecule has 0 aliphatic heterocycles. The lowest BCUT2D eigenvalue weighted by Crippen LogP contribution is -2.12. The number of esters is 1. The molecule has 200 valence electrons. The maximum Gasteiger partial charge on any atom is 0.341 e. The topological polar surface area (TPSA) is 73.9 Å². The Bertz CT molecular complexity index is 1490. The van der Waals surface area contributed by atoms with Crippen LogP contribution in [0.2, 0.25) is 0 Å². The van der Waals surface area contributed by atoms with Crippen molar-refractivity contribution in [2.45, 2.75) is 27.4 Å². The van der Waals surface area contributed by atoms with Crippen molar-refractivity contribution in [2.24, 2.45) is 0 Å². The van der Waals surface area contributed by atoms with E-state index in [-0.39, 0.29) is 12.5 Å². The number of carbonyl (C=O) groups is 2. The third kappa shape index (κ3) is 6.75. The maximum absolute atomic E-state index is 12.9. The van der Waals surface area contributed by atoms with Gasteiger partial charge in [-0.25, -0.2) is 4.79 Å². The summed E-state index contributed by atoms with van der Waals surface area (Å²) in [6.45, 7) is 6.39. The van der Waals surface area contributed by atoms with Crippen molar-refractivity contribution in [1.82, 2.24) is 0 Å². The van der Waals surface area contributed by atoms with Crippen LogP contribution < -0.4 is 14.8 Å². The largest absolute Gasteiger partial charge is 0.493 e. The monoisotopic (exact) mass is 541 g/mol. The molecular weight excluding hydrogens is 510 g/mol. The van der Waals surface area contributed by atoms with E-state index in [0.29, 0.717) is 28.7 Å². The van der Waals surface area contributed by atoms with E-state index in [1.54, 1.807) is 20.1 Å². The molecule has 0 aliphatic carbocycles. The Balaban J connectivity index is 1.51. The number of carbonyl (C=O) groups excluding carboxylic acids is 2. The molecule has 4 rings (SSSR count). The fourth-order valence-corrected chi connectivity index (χ4v) is 5.21. The lowest BCUT2D eigenvalue weighted by Gasteiger charge is -2.12. The normalized spacial score (nSPS) is 10.9. The summed E-state index contributed by atoms with van der Waals surface area (Å²) in [5.74, 6) is 0.354. The average Bonchev–Trinajstić information content (AvgIpc) is 3.27. The smallest absolute Gasteiger partial charge is 0.341 e. The molecule has 1 heterocycles. The van der Waals surface area contributed by atoms with Gasteiger partial charge in [-0.05, 0) is 61.2 Å². The van der Waals surface area contributed by atoms with Crippen LogP contribution in [0.1, 0.15) is 38.8 Å². The van der Waals surface area contributed by atoms with Crippen molar-refractivity contribution < 1.29 is 23.8 Å². The summed E-state index contributed by atoms with van der Waals surface area (Å²) in [4.78, 5) is 26.7. The van der Waals surface area contributed by atoms with Gasteiger partial charge in [-0.2, -0.15) is 0 Å². The molecule has 0 aliphatic rings. The fourth-order valence-electron chi connectivity index (χ4n) is 4.14. The first-order valence-electron chi connectivity index (χ1n) is 12.6. The van der Waals surface area contributed by atoms with Gasteiger partial charge in [0.15, 0.2) is 11.5 Å². The second kappa shape index (κ2) is 12.9. The number of thiophene rings is 1. The van der Waals surface area contributed by atoms with Crippen LogP contribution in [-0.4, -0.2) is 25.6 Å². The molecule has 0 radical (unpaired) electrons. The molecule has 39 heavy (non-hydrogen) atoms. The fraction of sp³-hybridized carbons (Fsp3) is 0.188. The summed E-state index contributed by atoms with van der Waals surface area (Å²) in [7, 11) is 1.58. The number of nitrogens with one attached hydrogen (secondary N) is 1. The Kier molecular flexibility index (Phi) is 9.18. The van der Waals surface area contributed by atoms with Crippen LogP contribution in [0, 0.1) is 13.8 Å². The second-order valence-corrected chi connectivity index (χ2v) is 10.00. The van der Waals surface area contributed by atoms with Gasteiger partial charge in [-0.3, -0.25) is 4.79 Å². The first-order valence-corrected chi connectivity index (χ1v) is 13.4. The number of rotatable bonds is 10. The second-order valence-electron chi connectivity index (χ2n) is 8.77. The average molecular weight is 542 g/mol. The number of ether oxygens (including phenoxy) is 3. The zero-order chi connectivity index (χ0) is 27.8. The van der Waals surface area contributed by atoms with Crippen LogP contribution in [0.15, 0.2) is 78.9 Å². The number of hydrogen-bond acceptors (Lipinski definition) is 6. The molecule has 1 amide bonds. The molecule has 0 spiro atoms. The summed E-state index contributed by atoms with van der Waals surface area (Å²) in [6.07, 6.45) is 3.11. The summed E-state index contributed by atoms with van der Waals surface area (Å²) in [5.41, 5.74) is 5.05. The molecule has 0 saturated heterocycles. The molecule has 7 heteroatoms. The van der Waals surface area contributed by atoms with Crippen LogP contribution in [0.5, 0.6) is 11.5 Å². The van der Waals surface area contributed by atoms with Gasteiger partial charge in [-0.15, -0.1) is 11.3 Å². The van der Waals surface area contributed by atoms with E-state index < -0.39 is 5.97 Å². The van der Waals surface area contributed by atoms with Crippen LogP contribution in [0.4, 0.5) is 5.00 Å². The standard InChI is InChI=1S/C32H31NO5S/c1-5-37-32(35)30-29(24-12-7-6-8-13-24)22(3)39-31(30)33-28(34)18-16-23-15-17-26(27(19-23)36-4)38-20-25-14-10-9-11-21(25)2/h6-19H,5,20H2,1-4H3,(H,33,34). The Labute approximate surface area is 232 Å². The van der Waals surface area contributed by atoms with E-state index in [4.69, 9.17) is 14.2 Å². The molecule has 0 bridgehead atoms. The number of aryl methyl sites for hydroxylation is 2. The Morgan fingerprint density at radius 1 is 0.949 bits per heavy atom. The number of anilines is 1. The van der Waals surface area contributed by atoms with Crippen LogP contribution >= 0.6 is 11.3 Å². The number of benzene rings is 3. The van der Waals surface area contributed by atoms with Crippen LogP contribution in [0.3, 0.4) is 0 Å². The highest BCUT2D eigenvalue weighted by Gasteiger charge is 2.25. The SMILES string of the molecule is CCOC(=O)c1c(NC(=O)C=Cc2ccc(OCc3ccccc3C)c(OC)c2)sc(C)c1-c1ccccc1. The molecule has 0 saturated carbocycles.